The van der Waals surface area contributed by atoms with E-state index in [0.29, 0.717) is 11.4 Å². The van der Waals surface area contributed by atoms with Crippen LogP contribution >= 0.6 is 0 Å². The van der Waals surface area contributed by atoms with E-state index in [0.717, 1.165) is 72.4 Å². The van der Waals surface area contributed by atoms with Crippen LogP contribution in [0.5, 0.6) is 0 Å². The first-order valence-electron chi connectivity index (χ1n) is 13.9. The minimum Gasteiger partial charge on any atom is -0.487 e. The summed E-state index contributed by atoms with van der Waals surface area (Å²) in [6.07, 6.45) is 8.97. The Morgan fingerprint density at radius 1 is 1.15 bits per heavy atom. The molecule has 40 heavy (non-hydrogen) atoms. The lowest BCUT2D eigenvalue weighted by atomic mass is 9.97. The van der Waals surface area contributed by atoms with Crippen molar-refractivity contribution < 1.29 is 9.53 Å². The third-order valence-corrected chi connectivity index (χ3v) is 7.06. The first-order valence-corrected chi connectivity index (χ1v) is 13.9. The Labute approximate surface area is 239 Å². The maximum absolute atomic E-state index is 12.2. The molecule has 0 bridgehead atoms. The molecule has 1 aliphatic rings. The topological polar surface area (TPSA) is 65.7 Å². The van der Waals surface area contributed by atoms with Crippen LogP contribution in [0.1, 0.15) is 78.4 Å². The zero-order valence-electron chi connectivity index (χ0n) is 24.8. The van der Waals surface area contributed by atoms with E-state index >= 15 is 0 Å². The summed E-state index contributed by atoms with van der Waals surface area (Å²) in [4.78, 5) is 18.8. The van der Waals surface area contributed by atoms with E-state index in [1.165, 1.54) is 11.1 Å². The molecule has 0 aromatic heterocycles. The SMILES string of the molecule is C=CC1=C(/C=C(\C)N(C=O)C(C)=N/C(CCCC)=C(\C)Cc2ccc(-c3ccccc3C#N)cc2)CC(C)(C)O1. The Morgan fingerprint density at radius 3 is 2.48 bits per heavy atom. The van der Waals surface area contributed by atoms with E-state index in [1.807, 2.05) is 58.0 Å². The summed E-state index contributed by atoms with van der Waals surface area (Å²) in [5, 5.41) is 9.45. The van der Waals surface area contributed by atoms with Gasteiger partial charge >= 0.3 is 0 Å². The summed E-state index contributed by atoms with van der Waals surface area (Å²) in [5.41, 5.74) is 7.50. The van der Waals surface area contributed by atoms with E-state index in [9.17, 15) is 10.1 Å². The number of carbonyl (C=O) groups excluding carboxylic acids is 1. The molecule has 0 aliphatic carbocycles. The van der Waals surface area contributed by atoms with Gasteiger partial charge in [-0.15, -0.1) is 0 Å². The van der Waals surface area contributed by atoms with Gasteiger partial charge in [-0.25, -0.2) is 4.99 Å². The Bertz CT molecular complexity index is 1400. The number of carbonyl (C=O) groups is 1. The number of allylic oxidation sites excluding steroid dienone is 5. The van der Waals surface area contributed by atoms with Crippen LogP contribution in [-0.2, 0) is 16.0 Å². The lowest BCUT2D eigenvalue weighted by Gasteiger charge is -2.20. The maximum atomic E-state index is 12.2. The molecule has 2 aromatic rings. The van der Waals surface area contributed by atoms with Crippen molar-refractivity contribution in [2.75, 3.05) is 0 Å². The molecule has 1 aliphatic heterocycles. The Balaban J connectivity index is 1.87. The average molecular weight is 536 g/mol. The number of nitrogens with zero attached hydrogens (tertiary/aromatic N) is 3. The van der Waals surface area contributed by atoms with Crippen LogP contribution < -0.4 is 0 Å². The van der Waals surface area contributed by atoms with Gasteiger partial charge in [-0.05, 0) is 99.9 Å². The van der Waals surface area contributed by atoms with E-state index in [2.05, 4.69) is 50.8 Å². The van der Waals surface area contributed by atoms with Crippen LogP contribution in [-0.4, -0.2) is 22.7 Å². The minimum atomic E-state index is -0.296. The van der Waals surface area contributed by atoms with Crippen molar-refractivity contribution in [1.29, 1.82) is 5.26 Å². The van der Waals surface area contributed by atoms with Crippen LogP contribution in [0.2, 0.25) is 0 Å². The smallest absolute Gasteiger partial charge is 0.219 e. The van der Waals surface area contributed by atoms with Crippen LogP contribution in [0.15, 0.2) is 101 Å². The van der Waals surface area contributed by atoms with Gasteiger partial charge in [-0.3, -0.25) is 9.69 Å². The number of nitriles is 1. The quantitative estimate of drug-likeness (QED) is 0.164. The lowest BCUT2D eigenvalue weighted by Crippen LogP contribution is -2.26. The molecule has 2 aromatic carbocycles. The highest BCUT2D eigenvalue weighted by atomic mass is 16.5. The van der Waals surface area contributed by atoms with Crippen molar-refractivity contribution in [3.05, 3.63) is 107 Å². The molecule has 0 radical (unpaired) electrons. The molecule has 5 nitrogen and oxygen atoms in total. The zero-order valence-corrected chi connectivity index (χ0v) is 24.8. The van der Waals surface area contributed by atoms with Gasteiger partial charge in [0.2, 0.25) is 6.41 Å². The third kappa shape index (κ3) is 7.70. The standard InChI is InChI=1S/C35H41N3O2/c1-8-10-15-33(25(3)20-28-16-18-29(19-17-28)32-14-12-11-13-30(32)23-36)37-27(5)38(24-39)26(4)21-31-22-35(6,7)40-34(31)9-2/h9,11-14,16-19,21,24H,2,8,10,15,20,22H2,1,3-7H3/b26-21+,33-25+,37-27?. The molecule has 0 N–H and O–H groups in total. The van der Waals surface area contributed by atoms with Gasteiger partial charge in [-0.2, -0.15) is 5.26 Å². The Hall–Kier alpha value is -4.17. The molecule has 0 unspecified atom stereocenters. The van der Waals surface area contributed by atoms with Gasteiger partial charge in [-0.1, -0.05) is 62.4 Å². The van der Waals surface area contributed by atoms with Gasteiger partial charge in [0.25, 0.3) is 0 Å². The Kier molecular flexibility index (Phi) is 10.4. The molecule has 5 heteroatoms. The fourth-order valence-corrected chi connectivity index (χ4v) is 4.98. The van der Waals surface area contributed by atoms with Gasteiger partial charge < -0.3 is 4.74 Å². The number of benzene rings is 2. The number of aliphatic imine (C=N–C) groups is 1. The van der Waals surface area contributed by atoms with Crippen molar-refractivity contribution in [3.63, 3.8) is 0 Å². The largest absolute Gasteiger partial charge is 0.487 e. The number of hydrogen-bond acceptors (Lipinski definition) is 4. The van der Waals surface area contributed by atoms with Crippen LogP contribution in [0.4, 0.5) is 0 Å². The molecular formula is C35H41N3O2. The molecule has 0 saturated carbocycles. The average Bonchev–Trinajstić information content (AvgIpc) is 3.24. The molecule has 3 rings (SSSR count). The molecule has 208 valence electrons. The molecule has 1 heterocycles. The predicted molar refractivity (Wildman–Crippen MR) is 164 cm³/mol. The van der Waals surface area contributed by atoms with Gasteiger partial charge in [0, 0.05) is 17.8 Å². The highest BCUT2D eigenvalue weighted by Gasteiger charge is 2.30. The van der Waals surface area contributed by atoms with Crippen molar-refractivity contribution in [2.24, 2.45) is 4.99 Å². The molecule has 0 saturated heterocycles. The molecule has 0 atom stereocenters. The summed E-state index contributed by atoms with van der Waals surface area (Å²) < 4.78 is 5.98. The number of ether oxygens (including phenoxy) is 1. The Morgan fingerprint density at radius 2 is 1.85 bits per heavy atom. The van der Waals surface area contributed by atoms with Crippen molar-refractivity contribution >= 4 is 12.2 Å². The van der Waals surface area contributed by atoms with Crippen LogP contribution in [0, 0.1) is 11.3 Å². The normalized spacial score (nSPS) is 15.7. The number of unbranched alkanes of at least 4 members (excludes halogenated alkanes) is 1. The second kappa shape index (κ2) is 13.8. The van der Waals surface area contributed by atoms with E-state index in [1.54, 1.807) is 11.0 Å². The van der Waals surface area contributed by atoms with E-state index < -0.39 is 0 Å². The summed E-state index contributed by atoms with van der Waals surface area (Å²) in [5.74, 6) is 1.39. The van der Waals surface area contributed by atoms with E-state index in [-0.39, 0.29) is 5.60 Å². The molecule has 0 fully saturated rings. The first kappa shape index (κ1) is 30.4. The third-order valence-electron chi connectivity index (χ3n) is 7.06. The number of amidine groups is 1. The van der Waals surface area contributed by atoms with Gasteiger partial charge in [0.1, 0.15) is 17.2 Å². The van der Waals surface area contributed by atoms with Crippen molar-refractivity contribution in [3.8, 4) is 17.2 Å². The highest BCUT2D eigenvalue weighted by Crippen LogP contribution is 2.35. The number of rotatable bonds is 11. The molecule has 1 amide bonds. The lowest BCUT2D eigenvalue weighted by molar-refractivity contribution is -0.113. The van der Waals surface area contributed by atoms with Crippen molar-refractivity contribution in [1.82, 2.24) is 4.90 Å². The molecule has 0 spiro atoms. The predicted octanol–water partition coefficient (Wildman–Crippen LogP) is 8.65. The maximum Gasteiger partial charge on any atom is 0.219 e. The zero-order chi connectivity index (χ0) is 29.3. The number of amides is 1. The summed E-state index contributed by atoms with van der Waals surface area (Å²) >= 11 is 0. The molecular weight excluding hydrogens is 494 g/mol. The van der Waals surface area contributed by atoms with Gasteiger partial charge in [0.15, 0.2) is 0 Å². The summed E-state index contributed by atoms with van der Waals surface area (Å²) in [7, 11) is 0. The van der Waals surface area contributed by atoms with E-state index in [4.69, 9.17) is 9.73 Å². The number of hydrogen-bond donors (Lipinski definition) is 0. The van der Waals surface area contributed by atoms with Crippen LogP contribution in [0.3, 0.4) is 0 Å². The second-order valence-electron chi connectivity index (χ2n) is 10.9. The highest BCUT2D eigenvalue weighted by molar-refractivity contribution is 5.91. The second-order valence-corrected chi connectivity index (χ2v) is 10.9. The fourth-order valence-electron chi connectivity index (χ4n) is 4.98. The fraction of sp³-hybridized carbons (Fsp3) is 0.343. The van der Waals surface area contributed by atoms with Crippen LogP contribution in [0.25, 0.3) is 11.1 Å². The van der Waals surface area contributed by atoms with Crippen molar-refractivity contribution in [2.45, 2.75) is 79.2 Å². The minimum absolute atomic E-state index is 0.296. The van der Waals surface area contributed by atoms with Gasteiger partial charge in [0.05, 0.1) is 11.6 Å². The monoisotopic (exact) mass is 535 g/mol. The first-order chi connectivity index (χ1) is 19.1. The summed E-state index contributed by atoms with van der Waals surface area (Å²) in [6, 6.07) is 18.3. The summed E-state index contributed by atoms with van der Waals surface area (Å²) in [6.45, 7) is 16.1.